The van der Waals surface area contributed by atoms with Gasteiger partial charge in [-0.25, -0.2) is 4.98 Å². The van der Waals surface area contributed by atoms with Crippen LogP contribution in [-0.4, -0.2) is 37.0 Å². The predicted octanol–water partition coefficient (Wildman–Crippen LogP) is 1.86. The van der Waals surface area contributed by atoms with E-state index in [1.54, 1.807) is 19.5 Å². The Bertz CT molecular complexity index is 772. The van der Waals surface area contributed by atoms with Crippen molar-refractivity contribution in [2.24, 2.45) is 16.6 Å². The fraction of sp³-hybridized carbons (Fsp3) is 0.421. The van der Waals surface area contributed by atoms with E-state index in [1.807, 2.05) is 18.2 Å². The Morgan fingerprint density at radius 2 is 2.04 bits per heavy atom. The summed E-state index contributed by atoms with van der Waals surface area (Å²) < 4.78 is 5.32. The Morgan fingerprint density at radius 1 is 1.29 bits per heavy atom. The van der Waals surface area contributed by atoms with E-state index >= 15 is 0 Å². The van der Waals surface area contributed by atoms with Crippen molar-refractivity contribution >= 4 is 41.7 Å². The number of amides is 1. The van der Waals surface area contributed by atoms with Crippen LogP contribution in [0.2, 0.25) is 0 Å². The first kappa shape index (κ1) is 22.0. The van der Waals surface area contributed by atoms with Crippen molar-refractivity contribution in [1.29, 1.82) is 0 Å². The molecular formula is C19H27IN6O2. The molecule has 2 aromatic rings. The number of pyridine rings is 1. The zero-order valence-corrected chi connectivity index (χ0v) is 18.3. The van der Waals surface area contributed by atoms with Gasteiger partial charge in [0.1, 0.15) is 11.6 Å². The number of anilines is 1. The van der Waals surface area contributed by atoms with Crippen LogP contribution in [0.4, 0.5) is 5.82 Å². The molecule has 2 aromatic heterocycles. The molecule has 0 radical (unpaired) electrons. The molecular weight excluding hydrogens is 471 g/mol. The number of piperidine rings is 1. The van der Waals surface area contributed by atoms with Crippen molar-refractivity contribution < 1.29 is 9.21 Å². The van der Waals surface area contributed by atoms with Crippen LogP contribution in [0.1, 0.15) is 24.2 Å². The molecule has 1 amide bonds. The molecule has 9 heteroatoms. The van der Waals surface area contributed by atoms with E-state index in [2.05, 4.69) is 31.6 Å². The summed E-state index contributed by atoms with van der Waals surface area (Å²) in [5.41, 5.74) is 6.51. The molecule has 0 atom stereocenters. The molecule has 8 nitrogen and oxygen atoms in total. The fourth-order valence-corrected chi connectivity index (χ4v) is 3.21. The number of aromatic nitrogens is 1. The number of primary amides is 1. The van der Waals surface area contributed by atoms with Gasteiger partial charge in [-0.05, 0) is 31.0 Å². The maximum absolute atomic E-state index is 11.4. The summed E-state index contributed by atoms with van der Waals surface area (Å²) in [4.78, 5) is 22.4. The topological polar surface area (TPSA) is 109 Å². The smallest absolute Gasteiger partial charge is 0.220 e. The zero-order valence-electron chi connectivity index (χ0n) is 15.9. The Kier molecular flexibility index (Phi) is 8.55. The molecule has 1 saturated heterocycles. The number of guanidine groups is 1. The molecule has 3 heterocycles. The van der Waals surface area contributed by atoms with Gasteiger partial charge in [-0.15, -0.1) is 24.0 Å². The van der Waals surface area contributed by atoms with Crippen LogP contribution in [0.25, 0.3) is 0 Å². The average molecular weight is 498 g/mol. The third kappa shape index (κ3) is 5.85. The number of carbonyl (C=O) groups excluding carboxylic acids is 1. The monoisotopic (exact) mass is 498 g/mol. The molecule has 4 N–H and O–H groups in total. The van der Waals surface area contributed by atoms with Gasteiger partial charge < -0.3 is 25.7 Å². The first-order chi connectivity index (χ1) is 13.2. The molecule has 1 fully saturated rings. The second kappa shape index (κ2) is 10.9. The number of furan rings is 1. The lowest BCUT2D eigenvalue weighted by Gasteiger charge is -2.32. The highest BCUT2D eigenvalue weighted by Gasteiger charge is 2.24. The minimum atomic E-state index is -0.205. The van der Waals surface area contributed by atoms with E-state index in [0.29, 0.717) is 19.0 Å². The molecule has 1 aliphatic heterocycles. The van der Waals surface area contributed by atoms with Gasteiger partial charge in [-0.2, -0.15) is 0 Å². The van der Waals surface area contributed by atoms with Crippen LogP contribution in [0.5, 0.6) is 0 Å². The van der Waals surface area contributed by atoms with E-state index in [1.165, 1.54) is 0 Å². The minimum Gasteiger partial charge on any atom is -0.467 e. The highest BCUT2D eigenvalue weighted by Crippen LogP contribution is 2.24. The second-order valence-electron chi connectivity index (χ2n) is 6.51. The van der Waals surface area contributed by atoms with E-state index in [-0.39, 0.29) is 35.8 Å². The molecule has 1 aliphatic rings. The molecule has 0 spiro atoms. The third-order valence-corrected chi connectivity index (χ3v) is 4.74. The molecule has 152 valence electrons. The summed E-state index contributed by atoms with van der Waals surface area (Å²) >= 11 is 0. The van der Waals surface area contributed by atoms with Crippen LogP contribution < -0.4 is 21.3 Å². The van der Waals surface area contributed by atoms with Crippen LogP contribution in [0.15, 0.2) is 46.1 Å². The van der Waals surface area contributed by atoms with Gasteiger partial charge in [0, 0.05) is 44.4 Å². The standard InChI is InChI=1S/C19H26N6O2.HI/c1-21-19(24-13-16-5-3-11-27-16)23-12-15-4-2-8-22-18(15)25-9-6-14(7-10-25)17(20)26;/h2-5,8,11,14H,6-7,9-10,12-13H2,1H3,(H2,20,26)(H2,21,23,24);1H. The zero-order chi connectivity index (χ0) is 19.1. The van der Waals surface area contributed by atoms with Crippen molar-refractivity contribution in [3.05, 3.63) is 48.0 Å². The van der Waals surface area contributed by atoms with Gasteiger partial charge in [-0.1, -0.05) is 6.07 Å². The van der Waals surface area contributed by atoms with Gasteiger partial charge in [-0.3, -0.25) is 9.79 Å². The van der Waals surface area contributed by atoms with E-state index in [4.69, 9.17) is 10.2 Å². The lowest BCUT2D eigenvalue weighted by Crippen LogP contribution is -2.40. The third-order valence-electron chi connectivity index (χ3n) is 4.74. The van der Waals surface area contributed by atoms with Gasteiger partial charge >= 0.3 is 0 Å². The number of hydrogen-bond donors (Lipinski definition) is 3. The Labute approximate surface area is 182 Å². The summed E-state index contributed by atoms with van der Waals surface area (Å²) in [6.45, 7) is 2.72. The second-order valence-corrected chi connectivity index (χ2v) is 6.51. The highest BCUT2D eigenvalue weighted by atomic mass is 127. The maximum Gasteiger partial charge on any atom is 0.220 e. The summed E-state index contributed by atoms with van der Waals surface area (Å²) in [5.74, 6) is 2.24. The number of aliphatic imine (C=N–C) groups is 1. The lowest BCUT2D eigenvalue weighted by atomic mass is 9.96. The van der Waals surface area contributed by atoms with Gasteiger partial charge in [0.25, 0.3) is 0 Å². The average Bonchev–Trinajstić information content (AvgIpc) is 3.22. The van der Waals surface area contributed by atoms with Crippen LogP contribution in [0, 0.1) is 5.92 Å². The van der Waals surface area contributed by atoms with Crippen LogP contribution in [-0.2, 0) is 17.9 Å². The molecule has 0 aliphatic carbocycles. The first-order valence-corrected chi connectivity index (χ1v) is 9.12. The van der Waals surface area contributed by atoms with Crippen molar-refractivity contribution in [1.82, 2.24) is 15.6 Å². The number of carbonyl (C=O) groups is 1. The number of hydrogen-bond acceptors (Lipinski definition) is 5. The predicted molar refractivity (Wildman–Crippen MR) is 120 cm³/mol. The summed E-state index contributed by atoms with van der Waals surface area (Å²) in [6.07, 6.45) is 4.98. The molecule has 0 saturated carbocycles. The van der Waals surface area contributed by atoms with Crippen molar-refractivity contribution in [2.45, 2.75) is 25.9 Å². The fourth-order valence-electron chi connectivity index (χ4n) is 3.21. The Balaban J connectivity index is 0.00000280. The largest absolute Gasteiger partial charge is 0.467 e. The molecule has 0 aromatic carbocycles. The van der Waals surface area contributed by atoms with E-state index in [0.717, 1.165) is 43.1 Å². The molecule has 3 rings (SSSR count). The number of nitrogens with zero attached hydrogens (tertiary/aromatic N) is 3. The molecule has 0 unspecified atom stereocenters. The van der Waals surface area contributed by atoms with E-state index < -0.39 is 0 Å². The van der Waals surface area contributed by atoms with Crippen LogP contribution in [0.3, 0.4) is 0 Å². The summed E-state index contributed by atoms with van der Waals surface area (Å²) in [7, 11) is 1.73. The minimum absolute atomic E-state index is 0. The summed E-state index contributed by atoms with van der Waals surface area (Å²) in [6, 6.07) is 7.75. The van der Waals surface area contributed by atoms with Gasteiger partial charge in [0.05, 0.1) is 12.8 Å². The maximum atomic E-state index is 11.4. The SMILES string of the molecule is CN=C(NCc1ccco1)NCc1cccnc1N1CCC(C(N)=O)CC1.I. The number of nitrogens with two attached hydrogens (primary N) is 1. The molecule has 28 heavy (non-hydrogen) atoms. The van der Waals surface area contributed by atoms with Crippen molar-refractivity contribution in [3.63, 3.8) is 0 Å². The number of nitrogens with one attached hydrogen (secondary N) is 2. The first-order valence-electron chi connectivity index (χ1n) is 9.12. The van der Waals surface area contributed by atoms with Gasteiger partial charge in [0.2, 0.25) is 5.91 Å². The lowest BCUT2D eigenvalue weighted by molar-refractivity contribution is -0.122. The van der Waals surface area contributed by atoms with Crippen molar-refractivity contribution in [3.8, 4) is 0 Å². The Hall–Kier alpha value is -2.30. The number of rotatable bonds is 6. The van der Waals surface area contributed by atoms with Gasteiger partial charge in [0.15, 0.2) is 5.96 Å². The van der Waals surface area contributed by atoms with Crippen molar-refractivity contribution in [2.75, 3.05) is 25.0 Å². The quantitative estimate of drug-likeness (QED) is 0.319. The Morgan fingerprint density at radius 3 is 2.68 bits per heavy atom. The highest BCUT2D eigenvalue weighted by molar-refractivity contribution is 14.0. The normalized spacial score (nSPS) is 15.0. The summed E-state index contributed by atoms with van der Waals surface area (Å²) in [5, 5.41) is 6.53. The van der Waals surface area contributed by atoms with Crippen LogP contribution >= 0.6 is 24.0 Å². The molecule has 0 bridgehead atoms. The van der Waals surface area contributed by atoms with E-state index in [9.17, 15) is 4.79 Å². The number of halogens is 1.